The molecule has 1 aliphatic heterocycles. The molecule has 6 heteroatoms. The Kier molecular flexibility index (Phi) is 5.43. The Bertz CT molecular complexity index is 428. The monoisotopic (exact) mass is 301 g/mol. The van der Waals surface area contributed by atoms with E-state index in [0.29, 0.717) is 36.3 Å². The number of nitrogens with zero attached hydrogens (tertiary/aromatic N) is 2. The predicted molar refractivity (Wildman–Crippen MR) is 78.9 cm³/mol. The van der Waals surface area contributed by atoms with Crippen molar-refractivity contribution >= 4 is 11.6 Å². The van der Waals surface area contributed by atoms with Gasteiger partial charge in [0.1, 0.15) is 5.60 Å². The summed E-state index contributed by atoms with van der Waals surface area (Å²) in [7, 11) is 1.65. The number of ether oxygens (including phenoxy) is 1. The summed E-state index contributed by atoms with van der Waals surface area (Å²) < 4.78 is 6.82. The van der Waals surface area contributed by atoms with Crippen molar-refractivity contribution in [1.29, 1.82) is 0 Å². The molecule has 1 aliphatic rings. The molecule has 2 rings (SSSR count). The Labute approximate surface area is 125 Å². The van der Waals surface area contributed by atoms with Gasteiger partial charge in [-0.3, -0.25) is 4.68 Å². The fourth-order valence-electron chi connectivity index (χ4n) is 2.92. The SMILES string of the molecule is COCCn1ncc(Cl)c1C(C)(O)CC1CCCCN1. The number of aromatic nitrogens is 2. The van der Waals surface area contributed by atoms with E-state index in [1.54, 1.807) is 18.0 Å². The lowest BCUT2D eigenvalue weighted by Crippen LogP contribution is -2.40. The highest BCUT2D eigenvalue weighted by molar-refractivity contribution is 6.31. The minimum Gasteiger partial charge on any atom is -0.384 e. The van der Waals surface area contributed by atoms with E-state index in [2.05, 4.69) is 10.4 Å². The fourth-order valence-corrected chi connectivity index (χ4v) is 3.26. The number of rotatable bonds is 6. The molecule has 0 bridgehead atoms. The van der Waals surface area contributed by atoms with Crippen LogP contribution in [0.5, 0.6) is 0 Å². The van der Waals surface area contributed by atoms with Crippen molar-refractivity contribution in [3.63, 3.8) is 0 Å². The smallest absolute Gasteiger partial charge is 0.106 e. The zero-order chi connectivity index (χ0) is 14.6. The lowest BCUT2D eigenvalue weighted by atomic mass is 9.89. The molecule has 1 aromatic heterocycles. The molecule has 2 N–H and O–H groups in total. The molecule has 2 heterocycles. The Morgan fingerprint density at radius 2 is 2.40 bits per heavy atom. The number of halogens is 1. The quantitative estimate of drug-likeness (QED) is 0.843. The molecule has 1 aromatic rings. The van der Waals surface area contributed by atoms with Crippen LogP contribution in [0.1, 0.15) is 38.3 Å². The van der Waals surface area contributed by atoms with E-state index in [4.69, 9.17) is 16.3 Å². The van der Waals surface area contributed by atoms with Crippen molar-refractivity contribution in [1.82, 2.24) is 15.1 Å². The van der Waals surface area contributed by atoms with Gasteiger partial charge in [0.2, 0.25) is 0 Å². The van der Waals surface area contributed by atoms with Gasteiger partial charge in [-0.2, -0.15) is 5.10 Å². The lowest BCUT2D eigenvalue weighted by Gasteiger charge is -2.32. The Balaban J connectivity index is 2.12. The van der Waals surface area contributed by atoms with Gasteiger partial charge in [-0.1, -0.05) is 18.0 Å². The van der Waals surface area contributed by atoms with Gasteiger partial charge >= 0.3 is 0 Å². The first-order valence-electron chi connectivity index (χ1n) is 7.21. The molecule has 2 atom stereocenters. The third-order valence-corrected chi connectivity index (χ3v) is 4.15. The van der Waals surface area contributed by atoms with Crippen LogP contribution in [0, 0.1) is 0 Å². The molecule has 0 aromatic carbocycles. The van der Waals surface area contributed by atoms with Gasteiger partial charge in [0.25, 0.3) is 0 Å². The summed E-state index contributed by atoms with van der Waals surface area (Å²) in [6.45, 7) is 3.97. The van der Waals surface area contributed by atoms with Crippen LogP contribution in [-0.2, 0) is 16.9 Å². The van der Waals surface area contributed by atoms with Crippen molar-refractivity contribution in [2.24, 2.45) is 0 Å². The number of hydrogen-bond donors (Lipinski definition) is 2. The average Bonchev–Trinajstić information content (AvgIpc) is 2.79. The number of hydrogen-bond acceptors (Lipinski definition) is 4. The molecule has 0 amide bonds. The summed E-state index contributed by atoms with van der Waals surface area (Å²) in [5.74, 6) is 0. The molecule has 1 fully saturated rings. The molecule has 114 valence electrons. The zero-order valence-corrected chi connectivity index (χ0v) is 13.0. The fraction of sp³-hybridized carbons (Fsp3) is 0.786. The number of methoxy groups -OCH3 is 1. The van der Waals surface area contributed by atoms with Crippen LogP contribution in [0.4, 0.5) is 0 Å². The standard InChI is InChI=1S/C14H24ClN3O2/c1-14(19,9-11-5-3-4-6-16-11)13-12(15)10-17-18(13)7-8-20-2/h10-11,16,19H,3-9H2,1-2H3. The molecule has 20 heavy (non-hydrogen) atoms. The van der Waals surface area contributed by atoms with Crippen molar-refractivity contribution in [2.75, 3.05) is 20.3 Å². The van der Waals surface area contributed by atoms with Gasteiger partial charge in [-0.05, 0) is 32.7 Å². The zero-order valence-electron chi connectivity index (χ0n) is 12.2. The van der Waals surface area contributed by atoms with Gasteiger partial charge in [-0.25, -0.2) is 0 Å². The van der Waals surface area contributed by atoms with Gasteiger partial charge in [-0.15, -0.1) is 0 Å². The summed E-state index contributed by atoms with van der Waals surface area (Å²) in [6, 6.07) is 0.334. The summed E-state index contributed by atoms with van der Waals surface area (Å²) >= 11 is 6.22. The first-order valence-corrected chi connectivity index (χ1v) is 7.59. The van der Waals surface area contributed by atoms with Crippen molar-refractivity contribution < 1.29 is 9.84 Å². The number of aliphatic hydroxyl groups is 1. The van der Waals surface area contributed by atoms with E-state index < -0.39 is 5.60 Å². The molecular formula is C14H24ClN3O2. The highest BCUT2D eigenvalue weighted by Crippen LogP contribution is 2.33. The van der Waals surface area contributed by atoms with Crippen LogP contribution >= 0.6 is 11.6 Å². The first kappa shape index (κ1) is 15.8. The van der Waals surface area contributed by atoms with Gasteiger partial charge in [0.15, 0.2) is 0 Å². The minimum atomic E-state index is -0.990. The highest BCUT2D eigenvalue weighted by Gasteiger charge is 2.33. The minimum absolute atomic E-state index is 0.334. The molecular weight excluding hydrogens is 278 g/mol. The van der Waals surface area contributed by atoms with Crippen molar-refractivity contribution in [3.8, 4) is 0 Å². The van der Waals surface area contributed by atoms with Crippen LogP contribution in [0.3, 0.4) is 0 Å². The van der Waals surface area contributed by atoms with E-state index in [1.807, 2.05) is 6.92 Å². The van der Waals surface area contributed by atoms with Crippen LogP contribution in [0.25, 0.3) is 0 Å². The maximum Gasteiger partial charge on any atom is 0.106 e. The molecule has 0 radical (unpaired) electrons. The second-order valence-corrected chi connectivity index (χ2v) is 6.09. The molecule has 2 unspecified atom stereocenters. The number of piperidine rings is 1. The maximum absolute atomic E-state index is 10.9. The molecule has 0 aliphatic carbocycles. The Morgan fingerprint density at radius 3 is 3.05 bits per heavy atom. The summed E-state index contributed by atoms with van der Waals surface area (Å²) in [5.41, 5.74) is -0.306. The van der Waals surface area contributed by atoms with E-state index in [0.717, 1.165) is 13.0 Å². The second-order valence-electron chi connectivity index (χ2n) is 5.68. The summed E-state index contributed by atoms with van der Waals surface area (Å²) in [4.78, 5) is 0. The third kappa shape index (κ3) is 3.73. The van der Waals surface area contributed by atoms with E-state index in [-0.39, 0.29) is 0 Å². The predicted octanol–water partition coefficient (Wildman–Crippen LogP) is 1.92. The van der Waals surface area contributed by atoms with Crippen LogP contribution < -0.4 is 5.32 Å². The Morgan fingerprint density at radius 1 is 1.60 bits per heavy atom. The van der Waals surface area contributed by atoms with Crippen molar-refractivity contribution in [3.05, 3.63) is 16.9 Å². The van der Waals surface area contributed by atoms with Gasteiger partial charge < -0.3 is 15.2 Å². The number of nitrogens with one attached hydrogen (secondary N) is 1. The van der Waals surface area contributed by atoms with E-state index in [9.17, 15) is 5.11 Å². The van der Waals surface area contributed by atoms with E-state index in [1.165, 1.54) is 12.8 Å². The largest absolute Gasteiger partial charge is 0.384 e. The Hall–Kier alpha value is -0.620. The summed E-state index contributed by atoms with van der Waals surface area (Å²) in [5, 5.41) is 19.1. The molecule has 1 saturated heterocycles. The molecule has 0 spiro atoms. The van der Waals surface area contributed by atoms with E-state index >= 15 is 0 Å². The first-order chi connectivity index (χ1) is 9.54. The second kappa shape index (κ2) is 6.89. The summed E-state index contributed by atoms with van der Waals surface area (Å²) in [6.07, 6.45) is 5.76. The topological polar surface area (TPSA) is 59.3 Å². The van der Waals surface area contributed by atoms with Crippen LogP contribution in [-0.4, -0.2) is 41.2 Å². The third-order valence-electron chi connectivity index (χ3n) is 3.87. The average molecular weight is 302 g/mol. The van der Waals surface area contributed by atoms with Gasteiger partial charge in [0, 0.05) is 13.2 Å². The maximum atomic E-state index is 10.9. The molecule has 0 saturated carbocycles. The molecule has 5 nitrogen and oxygen atoms in total. The van der Waals surface area contributed by atoms with Gasteiger partial charge in [0.05, 0.1) is 30.1 Å². The lowest BCUT2D eigenvalue weighted by molar-refractivity contribution is 0.0233. The highest BCUT2D eigenvalue weighted by atomic mass is 35.5. The normalized spacial score (nSPS) is 22.7. The van der Waals surface area contributed by atoms with Crippen molar-refractivity contribution in [2.45, 2.75) is 50.8 Å². The van der Waals surface area contributed by atoms with Crippen LogP contribution in [0.15, 0.2) is 6.20 Å². The van der Waals surface area contributed by atoms with Crippen LogP contribution in [0.2, 0.25) is 5.02 Å².